The van der Waals surface area contributed by atoms with E-state index in [0.717, 1.165) is 45.2 Å². The molecule has 0 bridgehead atoms. The van der Waals surface area contributed by atoms with Crippen molar-refractivity contribution >= 4 is 5.91 Å². The summed E-state index contributed by atoms with van der Waals surface area (Å²) in [6, 6.07) is 10.8. The first-order chi connectivity index (χ1) is 10.3. The molecule has 3 nitrogen and oxygen atoms in total. The summed E-state index contributed by atoms with van der Waals surface area (Å²) < 4.78 is 0. The summed E-state index contributed by atoms with van der Waals surface area (Å²) in [5.74, 6) is 0.996. The number of piperidine rings is 1. The molecule has 1 saturated carbocycles. The molecule has 1 amide bonds. The van der Waals surface area contributed by atoms with Crippen molar-refractivity contribution < 1.29 is 4.79 Å². The Kier molecular flexibility index (Phi) is 4.59. The molecule has 1 heterocycles. The third kappa shape index (κ3) is 3.29. The van der Waals surface area contributed by atoms with E-state index in [0.29, 0.717) is 11.8 Å². The Morgan fingerprint density at radius 3 is 2.33 bits per heavy atom. The molecule has 2 aliphatic rings. The van der Waals surface area contributed by atoms with Crippen LogP contribution in [0.25, 0.3) is 0 Å². The van der Waals surface area contributed by atoms with E-state index in [9.17, 15) is 4.79 Å². The van der Waals surface area contributed by atoms with Crippen molar-refractivity contribution in [1.29, 1.82) is 0 Å². The van der Waals surface area contributed by atoms with Gasteiger partial charge in [-0.2, -0.15) is 0 Å². The van der Waals surface area contributed by atoms with Crippen molar-refractivity contribution in [3.8, 4) is 0 Å². The summed E-state index contributed by atoms with van der Waals surface area (Å²) >= 11 is 0. The van der Waals surface area contributed by atoms with Crippen LogP contribution in [0.4, 0.5) is 0 Å². The number of rotatable bonds is 2. The Bertz CT molecular complexity index is 465. The first kappa shape index (κ1) is 14.6. The number of nitrogens with zero attached hydrogens (tertiary/aromatic N) is 1. The number of carbonyl (C=O) groups is 1. The van der Waals surface area contributed by atoms with E-state index in [4.69, 9.17) is 5.73 Å². The zero-order valence-corrected chi connectivity index (χ0v) is 12.7. The van der Waals surface area contributed by atoms with Gasteiger partial charge in [0, 0.05) is 19.1 Å². The van der Waals surface area contributed by atoms with Gasteiger partial charge < -0.3 is 10.6 Å². The summed E-state index contributed by atoms with van der Waals surface area (Å²) in [6.07, 6.45) is 6.50. The zero-order chi connectivity index (χ0) is 14.7. The molecule has 114 valence electrons. The van der Waals surface area contributed by atoms with E-state index in [2.05, 4.69) is 35.2 Å². The molecule has 1 saturated heterocycles. The van der Waals surface area contributed by atoms with Gasteiger partial charge in [0.25, 0.3) is 0 Å². The minimum Gasteiger partial charge on any atom is -0.342 e. The van der Waals surface area contributed by atoms with Crippen LogP contribution in [0.15, 0.2) is 30.3 Å². The van der Waals surface area contributed by atoms with Gasteiger partial charge in [-0.15, -0.1) is 0 Å². The zero-order valence-electron chi connectivity index (χ0n) is 12.7. The summed E-state index contributed by atoms with van der Waals surface area (Å²) in [5.41, 5.74) is 7.57. The van der Waals surface area contributed by atoms with Gasteiger partial charge in [0.2, 0.25) is 5.91 Å². The third-order valence-electron chi connectivity index (χ3n) is 5.21. The quantitative estimate of drug-likeness (QED) is 0.908. The van der Waals surface area contributed by atoms with Crippen LogP contribution in [0.3, 0.4) is 0 Å². The fraction of sp³-hybridized carbons (Fsp3) is 0.611. The Balaban J connectivity index is 1.57. The molecule has 0 aromatic heterocycles. The van der Waals surface area contributed by atoms with Gasteiger partial charge in [0.15, 0.2) is 0 Å². The van der Waals surface area contributed by atoms with Crippen LogP contribution >= 0.6 is 0 Å². The number of nitrogens with two attached hydrogens (primary N) is 1. The largest absolute Gasteiger partial charge is 0.342 e. The molecule has 0 radical (unpaired) electrons. The van der Waals surface area contributed by atoms with E-state index in [-0.39, 0.29) is 12.0 Å². The molecule has 1 aromatic carbocycles. The SMILES string of the molecule is NC1CCCCC1C(=O)N1CCC(c2ccccc2)CC1. The van der Waals surface area contributed by atoms with Gasteiger partial charge in [-0.05, 0) is 37.2 Å². The second kappa shape index (κ2) is 6.61. The van der Waals surface area contributed by atoms with Crippen LogP contribution in [0, 0.1) is 5.92 Å². The molecule has 21 heavy (non-hydrogen) atoms. The number of benzene rings is 1. The number of hydrogen-bond donors (Lipinski definition) is 1. The average Bonchev–Trinajstić information content (AvgIpc) is 2.56. The number of carbonyl (C=O) groups excluding carboxylic acids is 1. The maximum atomic E-state index is 12.7. The van der Waals surface area contributed by atoms with Crippen LogP contribution in [-0.2, 0) is 4.79 Å². The lowest BCUT2D eigenvalue weighted by molar-refractivity contribution is -0.138. The fourth-order valence-electron chi connectivity index (χ4n) is 3.86. The van der Waals surface area contributed by atoms with Crippen molar-refractivity contribution in [2.24, 2.45) is 11.7 Å². The first-order valence-electron chi connectivity index (χ1n) is 8.35. The maximum absolute atomic E-state index is 12.7. The first-order valence-corrected chi connectivity index (χ1v) is 8.35. The summed E-state index contributed by atoms with van der Waals surface area (Å²) in [7, 11) is 0. The van der Waals surface area contributed by atoms with Gasteiger partial charge in [0.05, 0.1) is 5.92 Å². The lowest BCUT2D eigenvalue weighted by Gasteiger charge is -2.37. The average molecular weight is 286 g/mol. The van der Waals surface area contributed by atoms with Gasteiger partial charge in [-0.25, -0.2) is 0 Å². The molecule has 2 unspecified atom stereocenters. The second-order valence-electron chi connectivity index (χ2n) is 6.57. The molecule has 3 rings (SSSR count). The van der Waals surface area contributed by atoms with Gasteiger partial charge in [-0.1, -0.05) is 43.2 Å². The monoisotopic (exact) mass is 286 g/mol. The molecule has 1 aliphatic carbocycles. The highest BCUT2D eigenvalue weighted by molar-refractivity contribution is 5.79. The highest BCUT2D eigenvalue weighted by Gasteiger charge is 2.33. The molecule has 2 fully saturated rings. The van der Waals surface area contributed by atoms with Gasteiger partial charge >= 0.3 is 0 Å². The van der Waals surface area contributed by atoms with Gasteiger partial charge in [-0.3, -0.25) is 4.79 Å². The number of likely N-dealkylation sites (tertiary alicyclic amines) is 1. The highest BCUT2D eigenvalue weighted by Crippen LogP contribution is 2.30. The Labute approximate surface area is 127 Å². The second-order valence-corrected chi connectivity index (χ2v) is 6.57. The standard InChI is InChI=1S/C18H26N2O/c19-17-9-5-4-8-16(17)18(21)20-12-10-15(11-13-20)14-6-2-1-3-7-14/h1-3,6-7,15-17H,4-5,8-13,19H2. The predicted molar refractivity (Wildman–Crippen MR) is 84.9 cm³/mol. The lowest BCUT2D eigenvalue weighted by Crippen LogP contribution is -2.48. The van der Waals surface area contributed by atoms with Crippen molar-refractivity contribution in [3.63, 3.8) is 0 Å². The highest BCUT2D eigenvalue weighted by atomic mass is 16.2. The topological polar surface area (TPSA) is 46.3 Å². The van der Waals surface area contributed by atoms with E-state index in [1.807, 2.05) is 0 Å². The third-order valence-corrected chi connectivity index (χ3v) is 5.21. The molecule has 2 N–H and O–H groups in total. The summed E-state index contributed by atoms with van der Waals surface area (Å²) in [4.78, 5) is 14.7. The minimum absolute atomic E-state index is 0.0759. The maximum Gasteiger partial charge on any atom is 0.227 e. The van der Waals surface area contributed by atoms with Crippen molar-refractivity contribution in [2.45, 2.75) is 50.5 Å². The Morgan fingerprint density at radius 2 is 1.67 bits per heavy atom. The summed E-state index contributed by atoms with van der Waals surface area (Å²) in [5, 5.41) is 0. The number of hydrogen-bond acceptors (Lipinski definition) is 2. The lowest BCUT2D eigenvalue weighted by atomic mass is 9.83. The van der Waals surface area contributed by atoms with Crippen molar-refractivity contribution in [2.75, 3.05) is 13.1 Å². The Morgan fingerprint density at radius 1 is 1.00 bits per heavy atom. The van der Waals surface area contributed by atoms with Crippen LogP contribution in [0.5, 0.6) is 0 Å². The van der Waals surface area contributed by atoms with E-state index in [1.165, 1.54) is 12.0 Å². The Hall–Kier alpha value is -1.35. The molecular formula is C18H26N2O. The normalized spacial score (nSPS) is 27.6. The molecule has 1 aliphatic heterocycles. The van der Waals surface area contributed by atoms with Crippen LogP contribution < -0.4 is 5.73 Å². The smallest absolute Gasteiger partial charge is 0.227 e. The number of amides is 1. The van der Waals surface area contributed by atoms with E-state index >= 15 is 0 Å². The van der Waals surface area contributed by atoms with Crippen LogP contribution in [-0.4, -0.2) is 29.9 Å². The molecule has 3 heteroatoms. The molecule has 2 atom stereocenters. The van der Waals surface area contributed by atoms with Crippen LogP contribution in [0.1, 0.15) is 50.0 Å². The minimum atomic E-state index is 0.0759. The fourth-order valence-corrected chi connectivity index (χ4v) is 3.86. The van der Waals surface area contributed by atoms with E-state index in [1.54, 1.807) is 0 Å². The molecule has 0 spiro atoms. The predicted octanol–water partition coefficient (Wildman–Crippen LogP) is 2.91. The molecular weight excluding hydrogens is 260 g/mol. The molecule has 1 aromatic rings. The van der Waals surface area contributed by atoms with Crippen molar-refractivity contribution in [1.82, 2.24) is 4.90 Å². The summed E-state index contributed by atoms with van der Waals surface area (Å²) in [6.45, 7) is 1.78. The van der Waals surface area contributed by atoms with Crippen molar-refractivity contribution in [3.05, 3.63) is 35.9 Å². The van der Waals surface area contributed by atoms with E-state index < -0.39 is 0 Å². The van der Waals surface area contributed by atoms with Crippen LogP contribution in [0.2, 0.25) is 0 Å². The van der Waals surface area contributed by atoms with Gasteiger partial charge in [0.1, 0.15) is 0 Å².